The van der Waals surface area contributed by atoms with Crippen molar-refractivity contribution in [2.75, 3.05) is 33.3 Å². The van der Waals surface area contributed by atoms with Gasteiger partial charge in [-0.3, -0.25) is 9.80 Å². The predicted molar refractivity (Wildman–Crippen MR) is 139 cm³/mol. The first-order valence-electron chi connectivity index (χ1n) is 11.7. The van der Waals surface area contributed by atoms with Crippen LogP contribution >= 0.6 is 12.4 Å². The zero-order valence-electron chi connectivity index (χ0n) is 19.9. The van der Waals surface area contributed by atoms with Crippen molar-refractivity contribution in [2.24, 2.45) is 0 Å². The van der Waals surface area contributed by atoms with Crippen molar-refractivity contribution in [3.05, 3.63) is 107 Å². The Morgan fingerprint density at radius 2 is 1.40 bits per heavy atom. The topological polar surface area (TPSA) is 59.3 Å². The molecule has 0 aliphatic carbocycles. The van der Waals surface area contributed by atoms with Crippen LogP contribution in [0, 0.1) is 0 Å². The first kappa shape index (κ1) is 24.9. The van der Waals surface area contributed by atoms with E-state index in [0.717, 1.165) is 49.9 Å². The Kier molecular flexibility index (Phi) is 8.47. The van der Waals surface area contributed by atoms with Crippen LogP contribution in [0.2, 0.25) is 0 Å². The van der Waals surface area contributed by atoms with Gasteiger partial charge in [0.15, 0.2) is 5.82 Å². The van der Waals surface area contributed by atoms with E-state index in [9.17, 15) is 0 Å². The third kappa shape index (κ3) is 6.06. The van der Waals surface area contributed by atoms with Crippen molar-refractivity contribution >= 4 is 12.4 Å². The molecule has 0 radical (unpaired) electrons. The van der Waals surface area contributed by atoms with Crippen LogP contribution in [0.1, 0.15) is 28.6 Å². The second-order valence-electron chi connectivity index (χ2n) is 8.65. The van der Waals surface area contributed by atoms with Crippen LogP contribution in [0.25, 0.3) is 0 Å². The zero-order chi connectivity index (χ0) is 23.2. The molecule has 1 aliphatic heterocycles. The van der Waals surface area contributed by atoms with E-state index in [1.807, 2.05) is 16.8 Å². The fourth-order valence-electron chi connectivity index (χ4n) is 4.60. The molecule has 0 amide bonds. The van der Waals surface area contributed by atoms with E-state index in [-0.39, 0.29) is 18.4 Å². The lowest BCUT2D eigenvalue weighted by molar-refractivity contribution is 0.100. The molecule has 0 bridgehead atoms. The predicted octanol–water partition coefficient (Wildman–Crippen LogP) is 4.06. The summed E-state index contributed by atoms with van der Waals surface area (Å²) in [5, 5.41) is 12.9. The van der Waals surface area contributed by atoms with Crippen molar-refractivity contribution in [2.45, 2.75) is 19.1 Å². The van der Waals surface area contributed by atoms with Gasteiger partial charge in [-0.1, -0.05) is 72.8 Å². The van der Waals surface area contributed by atoms with Gasteiger partial charge in [0.25, 0.3) is 0 Å². The Hall–Kier alpha value is -3.26. The number of ether oxygens (including phenoxy) is 1. The van der Waals surface area contributed by atoms with Gasteiger partial charge in [-0.05, 0) is 39.2 Å². The van der Waals surface area contributed by atoms with Crippen LogP contribution in [-0.2, 0) is 13.1 Å². The highest BCUT2D eigenvalue weighted by Crippen LogP contribution is 2.28. The average molecular weight is 491 g/mol. The average Bonchev–Trinajstić information content (AvgIpc) is 3.34. The lowest BCUT2D eigenvalue weighted by atomic mass is 10.0. The number of hydrogen-bond donors (Lipinski definition) is 0. The highest BCUT2D eigenvalue weighted by molar-refractivity contribution is 5.85. The summed E-state index contributed by atoms with van der Waals surface area (Å²) in [7, 11) is 1.68. The molecule has 1 aromatic heterocycles. The summed E-state index contributed by atoms with van der Waals surface area (Å²) >= 11 is 0. The van der Waals surface area contributed by atoms with Crippen molar-refractivity contribution in [3.8, 4) is 5.75 Å². The minimum absolute atomic E-state index is 0. The molecule has 0 N–H and O–H groups in total. The fourth-order valence-corrected chi connectivity index (χ4v) is 4.60. The van der Waals surface area contributed by atoms with Gasteiger partial charge in [0.05, 0.1) is 19.7 Å². The lowest BCUT2D eigenvalue weighted by Gasteiger charge is -2.39. The maximum Gasteiger partial charge on any atom is 0.173 e. The number of hydrogen-bond acceptors (Lipinski definition) is 6. The molecule has 182 valence electrons. The molecule has 0 saturated carbocycles. The first-order chi connectivity index (χ1) is 16.8. The molecule has 1 fully saturated rings. The molecule has 3 aromatic carbocycles. The Morgan fingerprint density at radius 1 is 0.771 bits per heavy atom. The summed E-state index contributed by atoms with van der Waals surface area (Å²) in [6.07, 6.45) is 0. The number of piperazine rings is 1. The van der Waals surface area contributed by atoms with Crippen molar-refractivity contribution in [1.29, 1.82) is 0 Å². The number of nitrogens with zero attached hydrogens (tertiary/aromatic N) is 6. The van der Waals surface area contributed by atoms with Crippen LogP contribution in [-0.4, -0.2) is 63.3 Å². The minimum atomic E-state index is 0. The van der Waals surface area contributed by atoms with Gasteiger partial charge in [0.1, 0.15) is 5.75 Å². The maximum atomic E-state index is 5.29. The van der Waals surface area contributed by atoms with E-state index in [0.29, 0.717) is 6.54 Å². The van der Waals surface area contributed by atoms with Crippen LogP contribution in [0.15, 0.2) is 84.9 Å². The van der Waals surface area contributed by atoms with E-state index in [2.05, 4.69) is 98.1 Å². The van der Waals surface area contributed by atoms with Crippen molar-refractivity contribution < 1.29 is 4.74 Å². The number of methoxy groups -OCH3 is 1. The van der Waals surface area contributed by atoms with Gasteiger partial charge in [0.2, 0.25) is 0 Å². The minimum Gasteiger partial charge on any atom is -0.497 e. The molecule has 1 atom stereocenters. The molecule has 1 saturated heterocycles. The quantitative estimate of drug-likeness (QED) is 0.371. The van der Waals surface area contributed by atoms with Gasteiger partial charge in [-0.25, -0.2) is 4.68 Å². The van der Waals surface area contributed by atoms with Gasteiger partial charge in [-0.15, -0.1) is 17.5 Å². The third-order valence-electron chi connectivity index (χ3n) is 6.43. The summed E-state index contributed by atoms with van der Waals surface area (Å²) in [4.78, 5) is 5.03. The standard InChI is InChI=1S/C27H30N6O.ClH/c1-34-25-14-12-23(13-15-25)21-33-27(28-29-30-33)26(24-10-6-3-7-11-24)32-18-16-31(17-19-32)20-22-8-4-2-5-9-22;/h2-15,26H,16-21H2,1H3;1H. The van der Waals surface area contributed by atoms with Crippen LogP contribution in [0.4, 0.5) is 0 Å². The summed E-state index contributed by atoms with van der Waals surface area (Å²) < 4.78 is 7.22. The van der Waals surface area contributed by atoms with E-state index >= 15 is 0 Å². The SMILES string of the molecule is COc1ccc(Cn2nnnc2C(c2ccccc2)N2CCN(Cc3ccccc3)CC2)cc1.Cl. The Morgan fingerprint density at radius 3 is 2.06 bits per heavy atom. The molecular weight excluding hydrogens is 460 g/mol. The van der Waals surface area contributed by atoms with E-state index < -0.39 is 0 Å². The lowest BCUT2D eigenvalue weighted by Crippen LogP contribution is -2.47. The van der Waals surface area contributed by atoms with Gasteiger partial charge in [0, 0.05) is 32.7 Å². The number of aromatic nitrogens is 4. The van der Waals surface area contributed by atoms with Crippen LogP contribution in [0.3, 0.4) is 0 Å². The molecule has 7 nitrogen and oxygen atoms in total. The van der Waals surface area contributed by atoms with Gasteiger partial charge >= 0.3 is 0 Å². The van der Waals surface area contributed by atoms with Gasteiger partial charge < -0.3 is 4.74 Å². The van der Waals surface area contributed by atoms with E-state index in [1.165, 1.54) is 11.1 Å². The molecule has 4 aromatic rings. The highest BCUT2D eigenvalue weighted by Gasteiger charge is 2.30. The largest absolute Gasteiger partial charge is 0.497 e. The van der Waals surface area contributed by atoms with Crippen LogP contribution in [0.5, 0.6) is 5.75 Å². The monoisotopic (exact) mass is 490 g/mol. The van der Waals surface area contributed by atoms with Gasteiger partial charge in [-0.2, -0.15) is 0 Å². The molecule has 2 heterocycles. The number of tetrazole rings is 1. The Bertz CT molecular complexity index is 1160. The van der Waals surface area contributed by atoms with Crippen LogP contribution < -0.4 is 4.74 Å². The van der Waals surface area contributed by atoms with Crippen molar-refractivity contribution in [1.82, 2.24) is 30.0 Å². The molecule has 1 unspecified atom stereocenters. The van der Waals surface area contributed by atoms with E-state index in [1.54, 1.807) is 7.11 Å². The number of benzene rings is 3. The Balaban J connectivity index is 0.00000289. The second-order valence-corrected chi connectivity index (χ2v) is 8.65. The first-order valence-corrected chi connectivity index (χ1v) is 11.7. The van der Waals surface area contributed by atoms with E-state index in [4.69, 9.17) is 4.74 Å². The Labute approximate surface area is 212 Å². The normalized spacial score (nSPS) is 15.3. The fraction of sp³-hybridized carbons (Fsp3) is 0.296. The summed E-state index contributed by atoms with van der Waals surface area (Å²) in [6.45, 7) is 5.55. The number of halogens is 1. The molecule has 35 heavy (non-hydrogen) atoms. The summed E-state index contributed by atoms with van der Waals surface area (Å²) in [5.41, 5.74) is 3.71. The smallest absolute Gasteiger partial charge is 0.173 e. The molecular formula is C27H31ClN6O. The third-order valence-corrected chi connectivity index (χ3v) is 6.43. The highest BCUT2D eigenvalue weighted by atomic mass is 35.5. The molecule has 5 rings (SSSR count). The molecule has 1 aliphatic rings. The second kappa shape index (κ2) is 11.9. The number of rotatable bonds is 8. The molecule has 8 heteroatoms. The maximum absolute atomic E-state index is 5.29. The molecule has 0 spiro atoms. The summed E-state index contributed by atoms with van der Waals surface area (Å²) in [5.74, 6) is 1.72. The summed E-state index contributed by atoms with van der Waals surface area (Å²) in [6, 6.07) is 29.3. The zero-order valence-corrected chi connectivity index (χ0v) is 20.7. The van der Waals surface area contributed by atoms with Crippen molar-refractivity contribution in [3.63, 3.8) is 0 Å².